The molecule has 1 aromatic heterocycles. The number of hydrogen-bond acceptors (Lipinski definition) is 7. The lowest BCUT2D eigenvalue weighted by Crippen LogP contribution is -2.40. The van der Waals surface area contributed by atoms with Gasteiger partial charge in [0, 0.05) is 34.1 Å². The van der Waals surface area contributed by atoms with Crippen molar-refractivity contribution in [3.8, 4) is 5.88 Å². The van der Waals surface area contributed by atoms with Gasteiger partial charge in [-0.25, -0.2) is 8.42 Å². The highest BCUT2D eigenvalue weighted by atomic mass is 32.2. The van der Waals surface area contributed by atoms with Crippen LogP contribution in [-0.4, -0.2) is 86.6 Å². The maximum Gasteiger partial charge on any atom is 0.238 e. The van der Waals surface area contributed by atoms with Gasteiger partial charge >= 0.3 is 0 Å². The van der Waals surface area contributed by atoms with Gasteiger partial charge in [0.05, 0.1) is 31.7 Å². The van der Waals surface area contributed by atoms with Crippen LogP contribution in [-0.2, 0) is 14.8 Å². The summed E-state index contributed by atoms with van der Waals surface area (Å²) in [5, 5.41) is 0. The van der Waals surface area contributed by atoms with Gasteiger partial charge in [0.1, 0.15) is 6.10 Å². The van der Waals surface area contributed by atoms with E-state index >= 15 is 0 Å². The van der Waals surface area contributed by atoms with Crippen molar-refractivity contribution in [2.24, 2.45) is 0 Å². The number of sulfonamides is 1. The van der Waals surface area contributed by atoms with E-state index < -0.39 is 10.0 Å². The van der Waals surface area contributed by atoms with E-state index in [9.17, 15) is 13.2 Å². The molecule has 1 fully saturated rings. The van der Waals surface area contributed by atoms with E-state index in [1.54, 1.807) is 11.1 Å². The molecule has 0 saturated carbocycles. The minimum absolute atomic E-state index is 0.165. The normalized spacial score (nSPS) is 18.0. The van der Waals surface area contributed by atoms with Crippen LogP contribution >= 0.6 is 0 Å². The molecule has 1 aliphatic rings. The summed E-state index contributed by atoms with van der Waals surface area (Å²) in [6.07, 6.45) is 4.74. The Balaban J connectivity index is 1.91. The number of aromatic nitrogens is 2. The van der Waals surface area contributed by atoms with Crippen LogP contribution < -0.4 is 9.64 Å². The van der Waals surface area contributed by atoms with Crippen molar-refractivity contribution in [1.29, 1.82) is 0 Å². The zero-order valence-electron chi connectivity index (χ0n) is 14.3. The van der Waals surface area contributed by atoms with E-state index in [4.69, 9.17) is 4.74 Å². The Hall–Kier alpha value is -1.94. The molecule has 0 bridgehead atoms. The fraction of sp³-hybridized carbons (Fsp3) is 0.643. The topological polar surface area (TPSA) is 95.9 Å². The number of carbonyl (C=O) groups excluding carboxylic acids is 1. The average Bonchev–Trinajstić information content (AvgIpc) is 2.95. The van der Waals surface area contributed by atoms with Crippen molar-refractivity contribution in [2.75, 3.05) is 51.9 Å². The molecule has 1 amide bonds. The number of ether oxygens (including phenoxy) is 1. The third kappa shape index (κ3) is 4.78. The second kappa shape index (κ2) is 7.31. The van der Waals surface area contributed by atoms with Gasteiger partial charge in [0.25, 0.3) is 0 Å². The molecular weight excluding hydrogens is 334 g/mol. The second-order valence-electron chi connectivity index (χ2n) is 6.00. The van der Waals surface area contributed by atoms with Gasteiger partial charge in [-0.2, -0.15) is 9.29 Å². The van der Waals surface area contributed by atoms with E-state index in [-0.39, 0.29) is 18.6 Å². The summed E-state index contributed by atoms with van der Waals surface area (Å²) < 4.78 is 29.6. The summed E-state index contributed by atoms with van der Waals surface area (Å²) in [6.45, 7) is 0.772. The molecule has 0 unspecified atom stereocenters. The van der Waals surface area contributed by atoms with Crippen LogP contribution in [0.5, 0.6) is 5.88 Å². The van der Waals surface area contributed by atoms with Gasteiger partial charge in [0.2, 0.25) is 21.8 Å². The van der Waals surface area contributed by atoms with Crippen LogP contribution in [0, 0.1) is 0 Å². The van der Waals surface area contributed by atoms with E-state index in [2.05, 4.69) is 9.97 Å². The second-order valence-corrected chi connectivity index (χ2v) is 8.09. The molecule has 0 N–H and O–H groups in total. The molecule has 134 valence electrons. The highest BCUT2D eigenvalue weighted by Gasteiger charge is 2.29. The number of likely N-dealkylation sites (N-methyl/N-ethyl adjacent to an activating group) is 1. The van der Waals surface area contributed by atoms with Gasteiger partial charge in [-0.1, -0.05) is 0 Å². The predicted molar refractivity (Wildman–Crippen MR) is 89.4 cm³/mol. The quantitative estimate of drug-likeness (QED) is 0.672. The summed E-state index contributed by atoms with van der Waals surface area (Å²) >= 11 is 0. The van der Waals surface area contributed by atoms with Crippen molar-refractivity contribution < 1.29 is 17.9 Å². The van der Waals surface area contributed by atoms with Crippen LogP contribution in [0.2, 0.25) is 0 Å². The van der Waals surface area contributed by atoms with Crippen LogP contribution in [0.3, 0.4) is 0 Å². The lowest BCUT2D eigenvalue weighted by atomic mass is 10.3. The minimum Gasteiger partial charge on any atom is -0.471 e. The average molecular weight is 357 g/mol. The number of anilines is 1. The molecule has 0 aliphatic carbocycles. The maximum atomic E-state index is 12.2. The Morgan fingerprint density at radius 1 is 1.38 bits per heavy atom. The molecule has 1 aromatic rings. The van der Waals surface area contributed by atoms with Gasteiger partial charge in [-0.15, -0.1) is 0 Å². The molecule has 1 saturated heterocycles. The zero-order chi connectivity index (χ0) is 17.9. The third-order valence-corrected chi connectivity index (χ3v) is 5.03. The molecule has 2 rings (SSSR count). The fourth-order valence-corrected chi connectivity index (χ4v) is 2.58. The van der Waals surface area contributed by atoms with Gasteiger partial charge < -0.3 is 14.5 Å². The maximum absolute atomic E-state index is 12.2. The number of nitrogens with zero attached hydrogens (tertiary/aromatic N) is 5. The number of amides is 1. The van der Waals surface area contributed by atoms with Crippen molar-refractivity contribution >= 4 is 21.7 Å². The van der Waals surface area contributed by atoms with E-state index in [0.717, 1.165) is 10.6 Å². The number of hydrogen-bond donors (Lipinski definition) is 0. The first-order valence-electron chi connectivity index (χ1n) is 7.52. The number of likely N-dealkylation sites (tertiary alicyclic amines) is 1. The Morgan fingerprint density at radius 3 is 2.71 bits per heavy atom. The van der Waals surface area contributed by atoms with Crippen molar-refractivity contribution in [2.45, 2.75) is 12.5 Å². The molecule has 0 spiro atoms. The fourth-order valence-electron chi connectivity index (χ4n) is 2.24. The first-order valence-corrected chi connectivity index (χ1v) is 9.36. The predicted octanol–water partition coefficient (Wildman–Crippen LogP) is -0.586. The minimum atomic E-state index is -3.37. The Bertz CT molecular complexity index is 694. The third-order valence-electron chi connectivity index (χ3n) is 3.77. The summed E-state index contributed by atoms with van der Waals surface area (Å²) in [5.74, 6) is 0.865. The molecule has 0 radical (unpaired) electrons. The smallest absolute Gasteiger partial charge is 0.238 e. The van der Waals surface area contributed by atoms with Crippen molar-refractivity contribution in [1.82, 2.24) is 19.2 Å². The molecule has 0 aromatic carbocycles. The van der Waals surface area contributed by atoms with Gasteiger partial charge in [-0.05, 0) is 0 Å². The van der Waals surface area contributed by atoms with Gasteiger partial charge in [-0.3, -0.25) is 9.78 Å². The van der Waals surface area contributed by atoms with E-state index in [0.29, 0.717) is 31.2 Å². The summed E-state index contributed by atoms with van der Waals surface area (Å²) in [5.41, 5.74) is 0. The summed E-state index contributed by atoms with van der Waals surface area (Å²) in [6, 6.07) is 0. The molecule has 2 heterocycles. The lowest BCUT2D eigenvalue weighted by Gasteiger charge is -2.20. The summed E-state index contributed by atoms with van der Waals surface area (Å²) in [4.78, 5) is 24.0. The van der Waals surface area contributed by atoms with Crippen LogP contribution in [0.15, 0.2) is 12.4 Å². The first-order chi connectivity index (χ1) is 11.2. The Labute approximate surface area is 142 Å². The van der Waals surface area contributed by atoms with Crippen molar-refractivity contribution in [3.63, 3.8) is 0 Å². The highest BCUT2D eigenvalue weighted by Crippen LogP contribution is 2.18. The first kappa shape index (κ1) is 18.4. The molecule has 1 aliphatic heterocycles. The summed E-state index contributed by atoms with van der Waals surface area (Å²) in [7, 11) is 1.74. The molecular formula is C14H23N5O4S. The van der Waals surface area contributed by atoms with Crippen LogP contribution in [0.1, 0.15) is 6.42 Å². The van der Waals surface area contributed by atoms with Crippen LogP contribution in [0.25, 0.3) is 0 Å². The molecule has 24 heavy (non-hydrogen) atoms. The standard InChI is InChI=1S/C14H23N5O4S/c1-17(2)12-7-15-8-13(16-12)23-11-5-6-19(9-11)14(20)10-18(3)24(4,21)22/h7-8,11H,5-6,9-10H2,1-4H3/t11-/m0/s1. The SMILES string of the molecule is CN(C)c1cncc(O[C@H]2CCN(C(=O)CN(C)S(C)(=O)=O)C2)n1. The van der Waals surface area contributed by atoms with Crippen molar-refractivity contribution in [3.05, 3.63) is 12.4 Å². The highest BCUT2D eigenvalue weighted by molar-refractivity contribution is 7.88. The molecule has 10 heteroatoms. The monoisotopic (exact) mass is 357 g/mol. The number of rotatable bonds is 6. The Kier molecular flexibility index (Phi) is 5.60. The zero-order valence-corrected chi connectivity index (χ0v) is 15.2. The molecule has 1 atom stereocenters. The van der Waals surface area contributed by atoms with E-state index in [1.165, 1.54) is 13.2 Å². The van der Waals surface area contributed by atoms with Crippen LogP contribution in [0.4, 0.5) is 5.82 Å². The lowest BCUT2D eigenvalue weighted by molar-refractivity contribution is -0.130. The molecule has 9 nitrogen and oxygen atoms in total. The number of carbonyl (C=O) groups is 1. The van der Waals surface area contributed by atoms with E-state index in [1.807, 2.05) is 19.0 Å². The van der Waals surface area contributed by atoms with Gasteiger partial charge in [0.15, 0.2) is 5.82 Å². The Morgan fingerprint density at radius 2 is 2.08 bits per heavy atom. The largest absolute Gasteiger partial charge is 0.471 e.